The van der Waals surface area contributed by atoms with E-state index < -0.39 is 23.7 Å². The van der Waals surface area contributed by atoms with Gasteiger partial charge in [-0.25, -0.2) is 8.78 Å². The maximum atomic E-state index is 13.7. The summed E-state index contributed by atoms with van der Waals surface area (Å²) in [5.74, 6) is -5.77. The lowest BCUT2D eigenvalue weighted by atomic mass is 9.86. The van der Waals surface area contributed by atoms with Crippen molar-refractivity contribution in [1.29, 1.82) is 0 Å². The predicted molar refractivity (Wildman–Crippen MR) is 73.7 cm³/mol. The summed E-state index contributed by atoms with van der Waals surface area (Å²) in [6.45, 7) is 0. The summed E-state index contributed by atoms with van der Waals surface area (Å²) in [4.78, 5) is 11.4. The van der Waals surface area contributed by atoms with Crippen LogP contribution < -0.4 is 0 Å². The number of hydrogen-bond acceptors (Lipinski definition) is 1. The number of aliphatic carboxylic acids is 1. The van der Waals surface area contributed by atoms with Crippen LogP contribution in [0, 0.1) is 5.92 Å². The predicted octanol–water partition coefficient (Wildman–Crippen LogP) is 4.99. The summed E-state index contributed by atoms with van der Waals surface area (Å²) in [6, 6.07) is 4.46. The molecule has 1 aliphatic carbocycles. The van der Waals surface area contributed by atoms with Gasteiger partial charge in [0.05, 0.1) is 16.0 Å². The van der Waals surface area contributed by atoms with Gasteiger partial charge < -0.3 is 5.11 Å². The summed E-state index contributed by atoms with van der Waals surface area (Å²) in [6.07, 6.45) is 0.551. The van der Waals surface area contributed by atoms with Gasteiger partial charge in [0, 0.05) is 12.3 Å². The SMILES string of the molecule is O=C(O)C(CC1CCCC1(F)F)c1ccc(Cl)c(Cl)c1. The van der Waals surface area contributed by atoms with Crippen LogP contribution in [0.2, 0.25) is 10.0 Å². The lowest BCUT2D eigenvalue weighted by Gasteiger charge is -2.23. The number of halogens is 4. The molecule has 2 nitrogen and oxygen atoms in total. The number of carboxylic acids is 1. The van der Waals surface area contributed by atoms with Crippen LogP contribution in [0.1, 0.15) is 37.2 Å². The highest BCUT2D eigenvalue weighted by molar-refractivity contribution is 6.42. The Hall–Kier alpha value is -0.870. The van der Waals surface area contributed by atoms with Crippen molar-refractivity contribution in [2.75, 3.05) is 0 Å². The number of hydrogen-bond donors (Lipinski definition) is 1. The number of alkyl halides is 2. The molecule has 20 heavy (non-hydrogen) atoms. The van der Waals surface area contributed by atoms with Crippen LogP contribution in [0.15, 0.2) is 18.2 Å². The highest BCUT2D eigenvalue weighted by Gasteiger charge is 2.45. The van der Waals surface area contributed by atoms with Gasteiger partial charge >= 0.3 is 5.97 Å². The molecule has 110 valence electrons. The highest BCUT2D eigenvalue weighted by Crippen LogP contribution is 2.45. The van der Waals surface area contributed by atoms with Gasteiger partial charge in [0.25, 0.3) is 5.92 Å². The molecule has 0 bridgehead atoms. The first-order chi connectivity index (χ1) is 9.31. The molecule has 1 aromatic rings. The fourth-order valence-electron chi connectivity index (χ4n) is 2.68. The quantitative estimate of drug-likeness (QED) is 0.848. The van der Waals surface area contributed by atoms with E-state index in [0.29, 0.717) is 23.4 Å². The topological polar surface area (TPSA) is 37.3 Å². The molecule has 0 spiro atoms. The van der Waals surface area contributed by atoms with E-state index in [2.05, 4.69) is 0 Å². The van der Waals surface area contributed by atoms with Gasteiger partial charge in [-0.1, -0.05) is 29.3 Å². The molecule has 1 aromatic carbocycles. The van der Waals surface area contributed by atoms with Crippen molar-refractivity contribution in [2.24, 2.45) is 5.92 Å². The summed E-state index contributed by atoms with van der Waals surface area (Å²) < 4.78 is 27.3. The maximum Gasteiger partial charge on any atom is 0.310 e. The average molecular weight is 323 g/mol. The first-order valence-corrected chi connectivity index (χ1v) is 7.12. The second-order valence-corrected chi connectivity index (χ2v) is 5.96. The Bertz CT molecular complexity index is 520. The van der Waals surface area contributed by atoms with Crippen molar-refractivity contribution >= 4 is 29.2 Å². The van der Waals surface area contributed by atoms with Gasteiger partial charge in [-0.2, -0.15) is 0 Å². The van der Waals surface area contributed by atoms with Crippen molar-refractivity contribution in [2.45, 2.75) is 37.5 Å². The number of carbonyl (C=O) groups is 1. The minimum absolute atomic E-state index is 0.0830. The molecule has 1 fully saturated rings. The lowest BCUT2D eigenvalue weighted by molar-refractivity contribution is -0.140. The summed E-state index contributed by atoms with van der Waals surface area (Å²) >= 11 is 11.6. The van der Waals surface area contributed by atoms with Gasteiger partial charge in [-0.15, -0.1) is 0 Å². The first kappa shape index (κ1) is 15.5. The number of rotatable bonds is 4. The molecule has 0 amide bonds. The third-order valence-electron chi connectivity index (χ3n) is 3.82. The first-order valence-electron chi connectivity index (χ1n) is 6.37. The Kier molecular flexibility index (Phi) is 4.55. The standard InChI is InChI=1S/C14H14Cl2F2O2/c15-11-4-3-8(6-12(11)16)10(13(19)20)7-9-2-1-5-14(9,17)18/h3-4,6,9-10H,1-2,5,7H2,(H,19,20). The van der Waals surface area contributed by atoms with Gasteiger partial charge in [0.15, 0.2) is 0 Å². The maximum absolute atomic E-state index is 13.7. The smallest absolute Gasteiger partial charge is 0.310 e. The van der Waals surface area contributed by atoms with E-state index in [0.717, 1.165) is 0 Å². The van der Waals surface area contributed by atoms with Crippen LogP contribution >= 0.6 is 23.2 Å². The molecule has 1 aliphatic rings. The zero-order valence-corrected chi connectivity index (χ0v) is 12.1. The van der Waals surface area contributed by atoms with Crippen molar-refractivity contribution < 1.29 is 18.7 Å². The molecule has 1 saturated carbocycles. The molecule has 2 rings (SSSR count). The van der Waals surface area contributed by atoms with E-state index >= 15 is 0 Å². The molecule has 0 radical (unpaired) electrons. The third kappa shape index (κ3) is 3.23. The minimum Gasteiger partial charge on any atom is -0.481 e. The molecule has 2 unspecified atom stereocenters. The van der Waals surface area contributed by atoms with Crippen LogP contribution in [-0.2, 0) is 4.79 Å². The molecule has 2 atom stereocenters. The summed E-state index contributed by atoms with van der Waals surface area (Å²) in [5.41, 5.74) is 0.412. The second kappa shape index (κ2) is 5.86. The molecule has 1 N–H and O–H groups in total. The van der Waals surface area contributed by atoms with E-state index in [1.54, 1.807) is 0 Å². The van der Waals surface area contributed by atoms with Crippen LogP contribution in [0.25, 0.3) is 0 Å². The van der Waals surface area contributed by atoms with Crippen LogP contribution in [0.5, 0.6) is 0 Å². The molecular weight excluding hydrogens is 309 g/mol. The van der Waals surface area contributed by atoms with Gasteiger partial charge in [0.2, 0.25) is 0 Å². The molecule has 0 aliphatic heterocycles. The van der Waals surface area contributed by atoms with E-state index in [9.17, 15) is 18.7 Å². The fraction of sp³-hybridized carbons (Fsp3) is 0.500. The van der Waals surface area contributed by atoms with Crippen LogP contribution in [0.3, 0.4) is 0 Å². The third-order valence-corrected chi connectivity index (χ3v) is 4.56. The Balaban J connectivity index is 2.23. The second-order valence-electron chi connectivity index (χ2n) is 5.15. The minimum atomic E-state index is -2.77. The number of benzene rings is 1. The van der Waals surface area contributed by atoms with Crippen LogP contribution in [-0.4, -0.2) is 17.0 Å². The zero-order valence-electron chi connectivity index (χ0n) is 10.6. The van der Waals surface area contributed by atoms with E-state index in [1.807, 2.05) is 0 Å². The zero-order chi connectivity index (χ0) is 14.9. The van der Waals surface area contributed by atoms with Crippen LogP contribution in [0.4, 0.5) is 8.78 Å². The van der Waals surface area contributed by atoms with E-state index in [4.69, 9.17) is 23.2 Å². The molecule has 6 heteroatoms. The van der Waals surface area contributed by atoms with E-state index in [-0.39, 0.29) is 17.9 Å². The highest BCUT2D eigenvalue weighted by atomic mass is 35.5. The van der Waals surface area contributed by atoms with Crippen molar-refractivity contribution in [1.82, 2.24) is 0 Å². The average Bonchev–Trinajstić information content (AvgIpc) is 2.69. The van der Waals surface area contributed by atoms with Gasteiger partial charge in [0.1, 0.15) is 0 Å². The van der Waals surface area contributed by atoms with Gasteiger partial charge in [-0.3, -0.25) is 4.79 Å². The van der Waals surface area contributed by atoms with E-state index in [1.165, 1.54) is 18.2 Å². The molecule has 0 heterocycles. The Morgan fingerprint density at radius 1 is 1.40 bits per heavy atom. The Morgan fingerprint density at radius 3 is 2.60 bits per heavy atom. The van der Waals surface area contributed by atoms with Gasteiger partial charge in [-0.05, 0) is 37.0 Å². The Labute approximate surface area is 125 Å². The lowest BCUT2D eigenvalue weighted by Crippen LogP contribution is -2.26. The molecule has 0 aromatic heterocycles. The monoisotopic (exact) mass is 322 g/mol. The molecular formula is C14H14Cl2F2O2. The largest absolute Gasteiger partial charge is 0.481 e. The van der Waals surface area contributed by atoms with Crippen molar-refractivity contribution in [3.8, 4) is 0 Å². The Morgan fingerprint density at radius 2 is 2.10 bits per heavy atom. The summed E-state index contributed by atoms with van der Waals surface area (Å²) in [5, 5.41) is 9.84. The molecule has 0 saturated heterocycles. The van der Waals surface area contributed by atoms with Crippen molar-refractivity contribution in [3.05, 3.63) is 33.8 Å². The summed E-state index contributed by atoms with van der Waals surface area (Å²) in [7, 11) is 0. The normalized spacial score (nSPS) is 22.7. The number of carboxylic acid groups (broad SMARTS) is 1. The fourth-order valence-corrected chi connectivity index (χ4v) is 2.99. The van der Waals surface area contributed by atoms with Crippen molar-refractivity contribution in [3.63, 3.8) is 0 Å².